The number of aliphatic hydroxyl groups is 2. The van der Waals surface area contributed by atoms with Crippen molar-refractivity contribution in [2.45, 2.75) is 70.2 Å². The molecule has 1 amide bonds. The smallest absolute Gasteiger partial charge is 0.252 e. The third kappa shape index (κ3) is 4.58. The minimum absolute atomic E-state index is 0.0263. The summed E-state index contributed by atoms with van der Waals surface area (Å²) in [7, 11) is 1.46. The van der Waals surface area contributed by atoms with Gasteiger partial charge in [0.2, 0.25) is 0 Å². The fourth-order valence-corrected chi connectivity index (χ4v) is 3.21. The highest BCUT2D eigenvalue weighted by Crippen LogP contribution is 2.35. The molecule has 1 aliphatic rings. The van der Waals surface area contributed by atoms with E-state index in [9.17, 15) is 15.0 Å². The number of nitrogens with one attached hydrogen (secondary N) is 1. The first-order valence-electron chi connectivity index (χ1n) is 8.67. The lowest BCUT2D eigenvalue weighted by molar-refractivity contribution is -0.194. The first-order chi connectivity index (χ1) is 11.8. The molecule has 0 unspecified atom stereocenters. The van der Waals surface area contributed by atoms with E-state index in [-0.39, 0.29) is 31.4 Å². The summed E-state index contributed by atoms with van der Waals surface area (Å²) in [6.45, 7) is 5.97. The van der Waals surface area contributed by atoms with Crippen molar-refractivity contribution in [3.8, 4) is 0 Å². The van der Waals surface area contributed by atoms with E-state index >= 15 is 0 Å². The number of methoxy groups -OCH3 is 1. The molecule has 6 heteroatoms. The SMILES string of the molecule is CO[C@H]1C[C@](OCc2ccccc2C)(C(=O)NC(C)C)C[C@@H](O)[C@H]1O. The highest BCUT2D eigenvalue weighted by atomic mass is 16.5. The van der Waals surface area contributed by atoms with E-state index in [1.165, 1.54) is 7.11 Å². The summed E-state index contributed by atoms with van der Waals surface area (Å²) in [6, 6.07) is 7.74. The molecule has 0 saturated heterocycles. The predicted octanol–water partition coefficient (Wildman–Crippen LogP) is 1.31. The van der Waals surface area contributed by atoms with Crippen molar-refractivity contribution in [1.29, 1.82) is 0 Å². The van der Waals surface area contributed by atoms with Gasteiger partial charge in [0.25, 0.3) is 5.91 Å². The topological polar surface area (TPSA) is 88.0 Å². The molecule has 0 aliphatic heterocycles. The zero-order valence-electron chi connectivity index (χ0n) is 15.4. The van der Waals surface area contributed by atoms with Crippen LogP contribution in [-0.4, -0.2) is 53.2 Å². The van der Waals surface area contributed by atoms with Crippen molar-refractivity contribution < 1.29 is 24.5 Å². The quantitative estimate of drug-likeness (QED) is 0.719. The van der Waals surface area contributed by atoms with Gasteiger partial charge in [0.1, 0.15) is 6.10 Å². The van der Waals surface area contributed by atoms with Crippen LogP contribution in [0, 0.1) is 6.92 Å². The summed E-state index contributed by atoms with van der Waals surface area (Å²) in [5, 5.41) is 23.2. The van der Waals surface area contributed by atoms with Gasteiger partial charge in [0, 0.05) is 26.0 Å². The second-order valence-electron chi connectivity index (χ2n) is 7.08. The first kappa shape index (κ1) is 19.8. The average Bonchev–Trinajstić information content (AvgIpc) is 2.56. The Morgan fingerprint density at radius 2 is 2.00 bits per heavy atom. The van der Waals surface area contributed by atoms with E-state index in [1.807, 2.05) is 45.0 Å². The zero-order chi connectivity index (χ0) is 18.6. The van der Waals surface area contributed by atoms with E-state index in [0.29, 0.717) is 0 Å². The summed E-state index contributed by atoms with van der Waals surface area (Å²) in [5.74, 6) is -0.288. The highest BCUT2D eigenvalue weighted by Gasteiger charge is 2.51. The monoisotopic (exact) mass is 351 g/mol. The van der Waals surface area contributed by atoms with E-state index in [2.05, 4.69) is 5.32 Å². The molecule has 0 spiro atoms. The largest absolute Gasteiger partial charge is 0.390 e. The Morgan fingerprint density at radius 1 is 1.32 bits per heavy atom. The predicted molar refractivity (Wildman–Crippen MR) is 94.0 cm³/mol. The van der Waals surface area contributed by atoms with Crippen LogP contribution in [0.5, 0.6) is 0 Å². The van der Waals surface area contributed by atoms with Crippen LogP contribution in [0.15, 0.2) is 24.3 Å². The molecule has 6 nitrogen and oxygen atoms in total. The maximum atomic E-state index is 12.9. The van der Waals surface area contributed by atoms with Gasteiger partial charge in [-0.25, -0.2) is 0 Å². The fraction of sp³-hybridized carbons (Fsp3) is 0.632. The molecule has 2 rings (SSSR count). The van der Waals surface area contributed by atoms with E-state index < -0.39 is 23.9 Å². The molecule has 1 fully saturated rings. The maximum absolute atomic E-state index is 12.9. The van der Waals surface area contributed by atoms with Gasteiger partial charge in [-0.05, 0) is 31.9 Å². The number of aliphatic hydroxyl groups excluding tert-OH is 2. The Labute approximate surface area is 149 Å². The summed E-state index contributed by atoms with van der Waals surface area (Å²) < 4.78 is 11.4. The molecule has 1 saturated carbocycles. The van der Waals surface area contributed by atoms with E-state index in [4.69, 9.17) is 9.47 Å². The van der Waals surface area contributed by atoms with Crippen molar-refractivity contribution in [3.63, 3.8) is 0 Å². The zero-order valence-corrected chi connectivity index (χ0v) is 15.4. The Balaban J connectivity index is 2.26. The molecule has 140 valence electrons. The van der Waals surface area contributed by atoms with E-state index in [1.54, 1.807) is 0 Å². The summed E-state index contributed by atoms with van der Waals surface area (Å²) in [4.78, 5) is 12.9. The van der Waals surface area contributed by atoms with Crippen LogP contribution in [-0.2, 0) is 20.9 Å². The highest BCUT2D eigenvalue weighted by molar-refractivity contribution is 5.85. The Kier molecular flexibility index (Phi) is 6.57. The fourth-order valence-electron chi connectivity index (χ4n) is 3.21. The molecule has 1 aliphatic carbocycles. The lowest BCUT2D eigenvalue weighted by atomic mass is 9.78. The van der Waals surface area contributed by atoms with Crippen LogP contribution >= 0.6 is 0 Å². The van der Waals surface area contributed by atoms with Gasteiger partial charge >= 0.3 is 0 Å². The molecule has 0 aromatic heterocycles. The number of amides is 1. The Hall–Kier alpha value is -1.47. The molecule has 0 bridgehead atoms. The number of carbonyl (C=O) groups excluding carboxylic acids is 1. The number of carbonyl (C=O) groups is 1. The molecule has 0 radical (unpaired) electrons. The number of hydrogen-bond acceptors (Lipinski definition) is 5. The number of benzene rings is 1. The molecule has 1 aromatic rings. The van der Waals surface area contributed by atoms with Gasteiger partial charge in [-0.1, -0.05) is 24.3 Å². The van der Waals surface area contributed by atoms with Crippen LogP contribution in [0.25, 0.3) is 0 Å². The van der Waals surface area contributed by atoms with Crippen molar-refractivity contribution in [1.82, 2.24) is 5.32 Å². The second-order valence-corrected chi connectivity index (χ2v) is 7.08. The molecule has 3 N–H and O–H groups in total. The minimum atomic E-state index is -1.24. The van der Waals surface area contributed by atoms with Crippen molar-refractivity contribution in [3.05, 3.63) is 35.4 Å². The maximum Gasteiger partial charge on any atom is 0.252 e. The van der Waals surface area contributed by atoms with E-state index in [0.717, 1.165) is 11.1 Å². The van der Waals surface area contributed by atoms with Crippen LogP contribution in [0.3, 0.4) is 0 Å². The number of rotatable bonds is 6. The van der Waals surface area contributed by atoms with Gasteiger partial charge in [0.05, 0.1) is 18.8 Å². The molecule has 25 heavy (non-hydrogen) atoms. The Morgan fingerprint density at radius 3 is 2.60 bits per heavy atom. The molecular formula is C19H29NO5. The third-order valence-electron chi connectivity index (χ3n) is 4.75. The third-order valence-corrected chi connectivity index (χ3v) is 4.75. The minimum Gasteiger partial charge on any atom is -0.390 e. The number of aryl methyl sites for hydroxylation is 1. The molecule has 4 atom stereocenters. The van der Waals surface area contributed by atoms with Crippen molar-refractivity contribution >= 4 is 5.91 Å². The summed E-state index contributed by atoms with van der Waals surface area (Å²) >= 11 is 0. The molecular weight excluding hydrogens is 322 g/mol. The first-order valence-corrected chi connectivity index (χ1v) is 8.67. The molecule has 0 heterocycles. The lowest BCUT2D eigenvalue weighted by Crippen LogP contribution is -2.61. The van der Waals surface area contributed by atoms with Gasteiger partial charge in [-0.2, -0.15) is 0 Å². The van der Waals surface area contributed by atoms with Crippen molar-refractivity contribution in [2.75, 3.05) is 7.11 Å². The van der Waals surface area contributed by atoms with Crippen LogP contribution < -0.4 is 5.32 Å². The average molecular weight is 351 g/mol. The summed E-state index contributed by atoms with van der Waals surface area (Å²) in [6.07, 6.45) is -2.58. The number of hydrogen-bond donors (Lipinski definition) is 3. The summed E-state index contributed by atoms with van der Waals surface area (Å²) in [5.41, 5.74) is 0.807. The Bertz CT molecular complexity index is 591. The van der Waals surface area contributed by atoms with Crippen LogP contribution in [0.1, 0.15) is 37.8 Å². The number of ether oxygens (including phenoxy) is 2. The van der Waals surface area contributed by atoms with Gasteiger partial charge in [-0.3, -0.25) is 4.79 Å². The standard InChI is InChI=1S/C19H29NO5/c1-12(2)20-18(23)19(9-15(21)17(22)16(10-19)24-4)25-11-14-8-6-5-7-13(14)3/h5-8,12,15-17,21-22H,9-11H2,1-4H3,(H,20,23)/t15-,16+,17-,19+/m1/s1. The normalized spacial score (nSPS) is 29.6. The van der Waals surface area contributed by atoms with Crippen LogP contribution in [0.2, 0.25) is 0 Å². The van der Waals surface area contributed by atoms with Crippen molar-refractivity contribution in [2.24, 2.45) is 0 Å². The van der Waals surface area contributed by atoms with Gasteiger partial charge in [-0.15, -0.1) is 0 Å². The van der Waals surface area contributed by atoms with Gasteiger partial charge < -0.3 is 25.0 Å². The molecule has 1 aromatic carbocycles. The second kappa shape index (κ2) is 8.27. The lowest BCUT2D eigenvalue weighted by Gasteiger charge is -2.43. The van der Waals surface area contributed by atoms with Gasteiger partial charge in [0.15, 0.2) is 5.60 Å². The van der Waals surface area contributed by atoms with Crippen LogP contribution in [0.4, 0.5) is 0 Å².